The zero-order valence-electron chi connectivity index (χ0n) is 16.1. The predicted molar refractivity (Wildman–Crippen MR) is 111 cm³/mol. The van der Waals surface area contributed by atoms with Crippen LogP contribution in [-0.2, 0) is 4.74 Å². The standard InChI is InChI=1S/C20H23N3O5S/c1-2-28-19(24)17-16(13-7-6-10-15(11-13)23(26)27)12-29-18(17)22-20(25)21-14-8-4-3-5-9-14/h6-7,10-12,14H,2-5,8-9H2,1H3,(H2,21,22,25). The summed E-state index contributed by atoms with van der Waals surface area (Å²) in [5.41, 5.74) is 1.13. The number of nitro groups is 1. The van der Waals surface area contributed by atoms with Gasteiger partial charge in [-0.05, 0) is 25.3 Å². The third-order valence-electron chi connectivity index (χ3n) is 4.81. The number of thiophene rings is 1. The van der Waals surface area contributed by atoms with Crippen molar-refractivity contribution in [2.75, 3.05) is 11.9 Å². The van der Waals surface area contributed by atoms with Crippen molar-refractivity contribution >= 4 is 34.0 Å². The van der Waals surface area contributed by atoms with Crippen molar-refractivity contribution in [3.8, 4) is 11.1 Å². The van der Waals surface area contributed by atoms with Crippen molar-refractivity contribution in [3.05, 3.63) is 45.3 Å². The summed E-state index contributed by atoms with van der Waals surface area (Å²) in [6, 6.07) is 5.79. The Bertz CT molecular complexity index is 905. The van der Waals surface area contributed by atoms with Gasteiger partial charge in [-0.3, -0.25) is 15.4 Å². The minimum absolute atomic E-state index is 0.0759. The molecule has 0 spiro atoms. The van der Waals surface area contributed by atoms with Crippen LogP contribution >= 0.6 is 11.3 Å². The number of nitro benzene ring substituents is 1. The number of urea groups is 1. The van der Waals surface area contributed by atoms with Gasteiger partial charge in [-0.2, -0.15) is 0 Å². The molecular formula is C20H23N3O5S. The van der Waals surface area contributed by atoms with Gasteiger partial charge in [0.2, 0.25) is 0 Å². The highest BCUT2D eigenvalue weighted by atomic mass is 32.1. The molecule has 0 bridgehead atoms. The average Bonchev–Trinajstić information content (AvgIpc) is 3.12. The number of hydrogen-bond acceptors (Lipinski definition) is 6. The topological polar surface area (TPSA) is 111 Å². The van der Waals surface area contributed by atoms with Crippen molar-refractivity contribution in [3.63, 3.8) is 0 Å². The van der Waals surface area contributed by atoms with Gasteiger partial charge < -0.3 is 10.1 Å². The van der Waals surface area contributed by atoms with Crippen molar-refractivity contribution in [2.24, 2.45) is 0 Å². The summed E-state index contributed by atoms with van der Waals surface area (Å²) in [5, 5.41) is 18.9. The first-order valence-electron chi connectivity index (χ1n) is 9.60. The number of amides is 2. The predicted octanol–water partition coefficient (Wildman–Crippen LogP) is 4.95. The van der Waals surface area contributed by atoms with E-state index in [9.17, 15) is 19.7 Å². The van der Waals surface area contributed by atoms with Crippen LogP contribution in [-0.4, -0.2) is 29.6 Å². The number of nitrogens with zero attached hydrogens (tertiary/aromatic N) is 1. The van der Waals surface area contributed by atoms with Gasteiger partial charge in [0.05, 0.1) is 11.5 Å². The van der Waals surface area contributed by atoms with Crippen molar-refractivity contribution in [1.82, 2.24) is 5.32 Å². The Morgan fingerprint density at radius 2 is 2.03 bits per heavy atom. The lowest BCUT2D eigenvalue weighted by Crippen LogP contribution is -2.39. The molecule has 1 aromatic carbocycles. The molecule has 8 nitrogen and oxygen atoms in total. The van der Waals surface area contributed by atoms with E-state index in [1.54, 1.807) is 24.4 Å². The van der Waals surface area contributed by atoms with Gasteiger partial charge in [0.1, 0.15) is 10.6 Å². The largest absolute Gasteiger partial charge is 0.462 e. The Morgan fingerprint density at radius 3 is 2.72 bits per heavy atom. The second kappa shape index (κ2) is 9.51. The van der Waals surface area contributed by atoms with E-state index in [1.807, 2.05) is 0 Å². The van der Waals surface area contributed by atoms with Gasteiger partial charge in [0.25, 0.3) is 5.69 Å². The third-order valence-corrected chi connectivity index (χ3v) is 5.70. The Balaban J connectivity index is 1.87. The average molecular weight is 417 g/mol. The lowest BCUT2D eigenvalue weighted by molar-refractivity contribution is -0.384. The van der Waals surface area contributed by atoms with E-state index < -0.39 is 10.9 Å². The maximum Gasteiger partial charge on any atom is 0.341 e. The minimum atomic E-state index is -0.580. The van der Waals surface area contributed by atoms with Crippen molar-refractivity contribution < 1.29 is 19.2 Å². The molecule has 0 saturated heterocycles. The number of ether oxygens (including phenoxy) is 1. The smallest absolute Gasteiger partial charge is 0.341 e. The molecule has 1 heterocycles. The van der Waals surface area contributed by atoms with Gasteiger partial charge in [-0.15, -0.1) is 11.3 Å². The summed E-state index contributed by atoms with van der Waals surface area (Å²) in [7, 11) is 0. The summed E-state index contributed by atoms with van der Waals surface area (Å²) >= 11 is 1.19. The second-order valence-electron chi connectivity index (χ2n) is 6.81. The number of esters is 1. The number of carbonyl (C=O) groups excluding carboxylic acids is 2. The fourth-order valence-corrected chi connectivity index (χ4v) is 4.38. The molecule has 2 amide bonds. The number of benzene rings is 1. The van der Waals surface area contributed by atoms with Crippen LogP contribution in [0.3, 0.4) is 0 Å². The lowest BCUT2D eigenvalue weighted by atomic mass is 9.96. The lowest BCUT2D eigenvalue weighted by Gasteiger charge is -2.22. The van der Waals surface area contributed by atoms with Crippen LogP contribution in [0.1, 0.15) is 49.4 Å². The minimum Gasteiger partial charge on any atom is -0.462 e. The first kappa shape index (κ1) is 20.8. The highest BCUT2D eigenvalue weighted by Crippen LogP contribution is 2.37. The number of rotatable bonds is 6. The molecule has 1 aromatic heterocycles. The summed E-state index contributed by atoms with van der Waals surface area (Å²) in [4.78, 5) is 35.6. The van der Waals surface area contributed by atoms with Crippen LogP contribution in [0.15, 0.2) is 29.6 Å². The Hall–Kier alpha value is -2.94. The van der Waals surface area contributed by atoms with E-state index in [4.69, 9.17) is 4.74 Å². The highest BCUT2D eigenvalue weighted by molar-refractivity contribution is 7.15. The van der Waals surface area contributed by atoms with E-state index in [-0.39, 0.29) is 29.9 Å². The van der Waals surface area contributed by atoms with Crippen LogP contribution in [0.4, 0.5) is 15.5 Å². The molecule has 0 atom stereocenters. The van der Waals surface area contributed by atoms with Gasteiger partial charge in [-0.25, -0.2) is 9.59 Å². The van der Waals surface area contributed by atoms with Gasteiger partial charge in [0, 0.05) is 29.1 Å². The van der Waals surface area contributed by atoms with E-state index in [2.05, 4.69) is 10.6 Å². The number of nitrogens with one attached hydrogen (secondary N) is 2. The van der Waals surface area contributed by atoms with Crippen LogP contribution in [0.5, 0.6) is 0 Å². The van der Waals surface area contributed by atoms with Crippen LogP contribution < -0.4 is 10.6 Å². The molecule has 0 aliphatic heterocycles. The zero-order chi connectivity index (χ0) is 20.8. The number of anilines is 1. The number of non-ortho nitro benzene ring substituents is 1. The van der Waals surface area contributed by atoms with Gasteiger partial charge >= 0.3 is 12.0 Å². The summed E-state index contributed by atoms with van der Waals surface area (Å²) < 4.78 is 5.16. The Labute approximate surface area is 172 Å². The molecule has 9 heteroatoms. The maximum atomic E-state index is 12.6. The second-order valence-corrected chi connectivity index (χ2v) is 7.69. The summed E-state index contributed by atoms with van der Waals surface area (Å²) in [6.45, 7) is 1.87. The highest BCUT2D eigenvalue weighted by Gasteiger charge is 2.24. The normalized spacial score (nSPS) is 14.2. The van der Waals surface area contributed by atoms with Crippen LogP contribution in [0.2, 0.25) is 0 Å². The zero-order valence-corrected chi connectivity index (χ0v) is 16.9. The molecule has 154 valence electrons. The van der Waals surface area contributed by atoms with Gasteiger partial charge in [-0.1, -0.05) is 31.4 Å². The molecule has 1 aliphatic rings. The molecule has 2 aromatic rings. The summed E-state index contributed by atoms with van der Waals surface area (Å²) in [6.07, 6.45) is 5.26. The van der Waals surface area contributed by atoms with Crippen molar-refractivity contribution in [1.29, 1.82) is 0 Å². The molecular weight excluding hydrogens is 394 g/mol. The molecule has 3 rings (SSSR count). The summed E-state index contributed by atoms with van der Waals surface area (Å²) in [5.74, 6) is -0.580. The van der Waals surface area contributed by atoms with Crippen LogP contribution in [0.25, 0.3) is 11.1 Å². The first-order valence-corrected chi connectivity index (χ1v) is 10.5. The molecule has 1 saturated carbocycles. The van der Waals surface area contributed by atoms with E-state index >= 15 is 0 Å². The molecule has 2 N–H and O–H groups in total. The fraction of sp³-hybridized carbons (Fsp3) is 0.400. The van der Waals surface area contributed by atoms with E-state index in [0.717, 1.165) is 25.7 Å². The first-order chi connectivity index (χ1) is 14.0. The number of hydrogen-bond donors (Lipinski definition) is 2. The van der Waals surface area contributed by atoms with E-state index in [1.165, 1.54) is 29.9 Å². The SMILES string of the molecule is CCOC(=O)c1c(-c2cccc([N+](=O)[O-])c2)csc1NC(=O)NC1CCCCC1. The Morgan fingerprint density at radius 1 is 1.28 bits per heavy atom. The fourth-order valence-electron chi connectivity index (χ4n) is 3.43. The number of carbonyl (C=O) groups is 2. The third kappa shape index (κ3) is 5.11. The van der Waals surface area contributed by atoms with Gasteiger partial charge in [0.15, 0.2) is 0 Å². The monoisotopic (exact) mass is 417 g/mol. The molecule has 1 aliphatic carbocycles. The molecule has 1 fully saturated rings. The Kier molecular flexibility index (Phi) is 6.82. The quantitative estimate of drug-likeness (QED) is 0.392. The molecule has 29 heavy (non-hydrogen) atoms. The van der Waals surface area contributed by atoms with E-state index in [0.29, 0.717) is 16.1 Å². The maximum absolute atomic E-state index is 12.6. The molecule has 0 unspecified atom stereocenters. The van der Waals surface area contributed by atoms with Crippen LogP contribution in [0, 0.1) is 10.1 Å². The molecule has 0 radical (unpaired) electrons. The van der Waals surface area contributed by atoms with Crippen molar-refractivity contribution in [2.45, 2.75) is 45.1 Å².